The lowest BCUT2D eigenvalue weighted by Crippen LogP contribution is -2.06. The minimum Gasteiger partial charge on any atom is -0.493 e. The molecule has 0 unspecified atom stereocenters. The fraction of sp³-hybridized carbons (Fsp3) is 0.333. The van der Waals surface area contributed by atoms with Crippen molar-refractivity contribution < 1.29 is 14.6 Å². The van der Waals surface area contributed by atoms with Gasteiger partial charge in [0.15, 0.2) is 5.69 Å². The normalized spacial score (nSPS) is 10.4. The second-order valence-corrected chi connectivity index (χ2v) is 4.51. The number of aromatic nitrogens is 2. The van der Waals surface area contributed by atoms with Gasteiger partial charge in [-0.2, -0.15) is 5.10 Å². The van der Waals surface area contributed by atoms with E-state index in [9.17, 15) is 4.79 Å². The van der Waals surface area contributed by atoms with Crippen LogP contribution in [-0.2, 0) is 6.54 Å². The molecule has 0 saturated heterocycles. The number of benzene rings is 1. The molecule has 0 aliphatic rings. The molecule has 1 heterocycles. The first-order valence-corrected chi connectivity index (χ1v) is 6.68. The molecule has 2 aromatic rings. The van der Waals surface area contributed by atoms with Crippen molar-refractivity contribution in [1.29, 1.82) is 0 Å². The molecular weight excluding hydrogens is 256 g/mol. The first-order valence-electron chi connectivity index (χ1n) is 6.68. The molecular formula is C15H18N2O3. The molecule has 0 saturated carbocycles. The van der Waals surface area contributed by atoms with E-state index in [0.717, 1.165) is 24.2 Å². The van der Waals surface area contributed by atoms with Gasteiger partial charge < -0.3 is 9.84 Å². The van der Waals surface area contributed by atoms with E-state index in [1.165, 1.54) is 6.07 Å². The van der Waals surface area contributed by atoms with Crippen molar-refractivity contribution in [3.8, 4) is 5.75 Å². The average Bonchev–Trinajstić information content (AvgIpc) is 2.90. The predicted molar refractivity (Wildman–Crippen MR) is 75.1 cm³/mol. The molecule has 0 amide bonds. The summed E-state index contributed by atoms with van der Waals surface area (Å²) in [6.07, 6.45) is 3.76. The van der Waals surface area contributed by atoms with Crippen LogP contribution in [-0.4, -0.2) is 27.5 Å². The SMILES string of the molecule is CCCCOc1ccccc1Cn1ccc(C(=O)O)n1. The Kier molecular flexibility index (Phi) is 4.76. The second-order valence-electron chi connectivity index (χ2n) is 4.51. The Morgan fingerprint density at radius 3 is 2.85 bits per heavy atom. The Labute approximate surface area is 117 Å². The Hall–Kier alpha value is -2.30. The standard InChI is InChI=1S/C15H18N2O3/c1-2-3-10-20-14-7-5-4-6-12(14)11-17-9-8-13(16-17)15(18)19/h4-9H,2-3,10-11H2,1H3,(H,18,19). The minimum absolute atomic E-state index is 0.0504. The van der Waals surface area contributed by atoms with Crippen LogP contribution >= 0.6 is 0 Å². The molecule has 0 spiro atoms. The van der Waals surface area contributed by atoms with Gasteiger partial charge in [0.25, 0.3) is 0 Å². The molecule has 1 N–H and O–H groups in total. The molecule has 1 aromatic carbocycles. The van der Waals surface area contributed by atoms with Gasteiger partial charge in [-0.3, -0.25) is 4.68 Å². The van der Waals surface area contributed by atoms with Crippen molar-refractivity contribution in [2.45, 2.75) is 26.3 Å². The number of carbonyl (C=O) groups is 1. The van der Waals surface area contributed by atoms with Crippen LogP contribution in [0.2, 0.25) is 0 Å². The summed E-state index contributed by atoms with van der Waals surface area (Å²) < 4.78 is 7.35. The van der Waals surface area contributed by atoms with Crippen LogP contribution in [0, 0.1) is 0 Å². The van der Waals surface area contributed by atoms with E-state index in [0.29, 0.717) is 13.2 Å². The van der Waals surface area contributed by atoms with Crippen LogP contribution in [0.5, 0.6) is 5.75 Å². The molecule has 5 nitrogen and oxygen atoms in total. The topological polar surface area (TPSA) is 64.3 Å². The summed E-state index contributed by atoms with van der Waals surface area (Å²) in [7, 11) is 0. The number of nitrogens with zero attached hydrogens (tertiary/aromatic N) is 2. The number of hydrogen-bond donors (Lipinski definition) is 1. The summed E-state index contributed by atoms with van der Waals surface area (Å²) >= 11 is 0. The van der Waals surface area contributed by atoms with Gasteiger partial charge in [0.1, 0.15) is 5.75 Å². The van der Waals surface area contributed by atoms with Gasteiger partial charge in [-0.1, -0.05) is 31.5 Å². The minimum atomic E-state index is -1.02. The van der Waals surface area contributed by atoms with Gasteiger partial charge in [-0.05, 0) is 18.6 Å². The van der Waals surface area contributed by atoms with E-state index in [4.69, 9.17) is 9.84 Å². The van der Waals surface area contributed by atoms with Crippen LogP contribution < -0.4 is 4.74 Å². The zero-order valence-electron chi connectivity index (χ0n) is 11.5. The molecule has 106 valence electrons. The quantitative estimate of drug-likeness (QED) is 0.788. The molecule has 0 aliphatic heterocycles. The van der Waals surface area contributed by atoms with E-state index in [-0.39, 0.29) is 5.69 Å². The van der Waals surface area contributed by atoms with Gasteiger partial charge in [-0.25, -0.2) is 4.79 Å². The molecule has 1 aromatic heterocycles. The van der Waals surface area contributed by atoms with Gasteiger partial charge >= 0.3 is 5.97 Å². The summed E-state index contributed by atoms with van der Waals surface area (Å²) in [5.41, 5.74) is 1.04. The van der Waals surface area contributed by atoms with E-state index in [1.807, 2.05) is 24.3 Å². The lowest BCUT2D eigenvalue weighted by atomic mass is 10.2. The predicted octanol–water partition coefficient (Wildman–Crippen LogP) is 2.81. The third kappa shape index (κ3) is 3.60. The third-order valence-electron chi connectivity index (χ3n) is 2.92. The summed E-state index contributed by atoms with van der Waals surface area (Å²) in [5.74, 6) is -0.190. The number of aromatic carboxylic acids is 1. The fourth-order valence-corrected chi connectivity index (χ4v) is 1.84. The van der Waals surface area contributed by atoms with E-state index < -0.39 is 5.97 Å². The van der Waals surface area contributed by atoms with Crippen LogP contribution in [0.4, 0.5) is 0 Å². The Balaban J connectivity index is 2.09. The number of carboxylic acids is 1. The van der Waals surface area contributed by atoms with Crippen molar-refractivity contribution in [3.05, 3.63) is 47.8 Å². The highest BCUT2D eigenvalue weighted by Gasteiger charge is 2.09. The fourth-order valence-electron chi connectivity index (χ4n) is 1.84. The van der Waals surface area contributed by atoms with Gasteiger partial charge in [-0.15, -0.1) is 0 Å². The molecule has 0 aliphatic carbocycles. The summed E-state index contributed by atoms with van der Waals surface area (Å²) in [6, 6.07) is 9.24. The first kappa shape index (κ1) is 14.1. The highest BCUT2D eigenvalue weighted by atomic mass is 16.5. The van der Waals surface area contributed by atoms with Crippen molar-refractivity contribution in [2.24, 2.45) is 0 Å². The number of unbranched alkanes of at least 4 members (excludes halogenated alkanes) is 1. The van der Waals surface area contributed by atoms with Gasteiger partial charge in [0.05, 0.1) is 13.2 Å². The Morgan fingerprint density at radius 1 is 1.35 bits per heavy atom. The van der Waals surface area contributed by atoms with Gasteiger partial charge in [0, 0.05) is 11.8 Å². The smallest absolute Gasteiger partial charge is 0.356 e. The zero-order chi connectivity index (χ0) is 14.4. The average molecular weight is 274 g/mol. The number of hydrogen-bond acceptors (Lipinski definition) is 3. The van der Waals surface area contributed by atoms with Crippen molar-refractivity contribution in [1.82, 2.24) is 9.78 Å². The maximum Gasteiger partial charge on any atom is 0.356 e. The maximum atomic E-state index is 10.8. The molecule has 5 heteroatoms. The number of rotatable bonds is 7. The molecule has 0 bridgehead atoms. The molecule has 2 rings (SSSR count). The third-order valence-corrected chi connectivity index (χ3v) is 2.92. The maximum absolute atomic E-state index is 10.8. The number of ether oxygens (including phenoxy) is 1. The highest BCUT2D eigenvalue weighted by Crippen LogP contribution is 2.19. The largest absolute Gasteiger partial charge is 0.493 e. The lowest BCUT2D eigenvalue weighted by molar-refractivity contribution is 0.0689. The van der Waals surface area contributed by atoms with Crippen LogP contribution in [0.3, 0.4) is 0 Å². The Bertz CT molecular complexity index is 578. The lowest BCUT2D eigenvalue weighted by Gasteiger charge is -2.11. The summed E-state index contributed by atoms with van der Waals surface area (Å²) in [4.78, 5) is 10.8. The molecule has 0 atom stereocenters. The van der Waals surface area contributed by atoms with E-state index >= 15 is 0 Å². The monoisotopic (exact) mass is 274 g/mol. The van der Waals surface area contributed by atoms with Crippen LogP contribution in [0.1, 0.15) is 35.8 Å². The summed E-state index contributed by atoms with van der Waals surface area (Å²) in [6.45, 7) is 3.30. The van der Waals surface area contributed by atoms with E-state index in [1.54, 1.807) is 10.9 Å². The van der Waals surface area contributed by atoms with Crippen LogP contribution in [0.25, 0.3) is 0 Å². The van der Waals surface area contributed by atoms with Gasteiger partial charge in [0.2, 0.25) is 0 Å². The molecule has 0 radical (unpaired) electrons. The zero-order valence-corrected chi connectivity index (χ0v) is 11.5. The highest BCUT2D eigenvalue weighted by molar-refractivity contribution is 5.85. The van der Waals surface area contributed by atoms with Crippen molar-refractivity contribution in [2.75, 3.05) is 6.61 Å². The Morgan fingerprint density at radius 2 is 2.15 bits per heavy atom. The van der Waals surface area contributed by atoms with Crippen LogP contribution in [0.15, 0.2) is 36.5 Å². The van der Waals surface area contributed by atoms with Crippen molar-refractivity contribution >= 4 is 5.97 Å². The number of para-hydroxylation sites is 1. The first-order chi connectivity index (χ1) is 9.70. The number of carboxylic acid groups (broad SMARTS) is 1. The van der Waals surface area contributed by atoms with Crippen molar-refractivity contribution in [3.63, 3.8) is 0 Å². The molecule has 0 fully saturated rings. The summed E-state index contributed by atoms with van der Waals surface area (Å²) in [5, 5.41) is 12.9. The second kappa shape index (κ2) is 6.75. The molecule has 20 heavy (non-hydrogen) atoms. The van der Waals surface area contributed by atoms with E-state index in [2.05, 4.69) is 12.0 Å².